The van der Waals surface area contributed by atoms with Gasteiger partial charge in [-0.2, -0.15) is 0 Å². The van der Waals surface area contributed by atoms with E-state index in [9.17, 15) is 19.1 Å². The van der Waals surface area contributed by atoms with E-state index in [4.69, 9.17) is 25.8 Å². The molecule has 0 saturated carbocycles. The van der Waals surface area contributed by atoms with Crippen LogP contribution in [0.1, 0.15) is 22.7 Å². The Morgan fingerprint density at radius 2 is 1.57 bits per heavy atom. The van der Waals surface area contributed by atoms with Gasteiger partial charge in [0.1, 0.15) is 17.3 Å². The molecule has 0 aliphatic carbocycles. The molecule has 1 atom stereocenters. The van der Waals surface area contributed by atoms with Crippen molar-refractivity contribution in [1.82, 2.24) is 4.90 Å². The van der Waals surface area contributed by atoms with Crippen molar-refractivity contribution in [1.29, 1.82) is 0 Å². The third kappa shape index (κ3) is 5.11. The Kier molecular flexibility index (Phi) is 7.69. The molecular weight excluding hydrogens is 501 g/mol. The lowest BCUT2D eigenvalue weighted by Crippen LogP contribution is -2.31. The summed E-state index contributed by atoms with van der Waals surface area (Å²) in [6.45, 7) is 0.148. The van der Waals surface area contributed by atoms with Crippen LogP contribution in [0.3, 0.4) is 0 Å². The number of aliphatic hydroxyl groups is 1. The number of hydrogen-bond acceptors (Lipinski definition) is 6. The summed E-state index contributed by atoms with van der Waals surface area (Å²) in [5.41, 5.74) is 1.50. The topological polar surface area (TPSA) is 85.3 Å². The summed E-state index contributed by atoms with van der Waals surface area (Å²) in [5.74, 6) is -1.06. The zero-order chi connectivity index (χ0) is 26.7. The Hall–Kier alpha value is -4.04. The van der Waals surface area contributed by atoms with Crippen LogP contribution in [0.15, 0.2) is 66.2 Å². The molecule has 1 unspecified atom stereocenters. The first kappa shape index (κ1) is 26.0. The molecule has 1 aliphatic heterocycles. The third-order valence-electron chi connectivity index (χ3n) is 6.24. The van der Waals surface area contributed by atoms with Gasteiger partial charge < -0.3 is 24.2 Å². The lowest BCUT2D eigenvalue weighted by Gasteiger charge is -2.26. The van der Waals surface area contributed by atoms with E-state index in [0.29, 0.717) is 29.2 Å². The zero-order valence-electron chi connectivity index (χ0n) is 20.5. The van der Waals surface area contributed by atoms with E-state index >= 15 is 0 Å². The fraction of sp³-hybridized carbons (Fsp3) is 0.214. The summed E-state index contributed by atoms with van der Waals surface area (Å²) in [6.07, 6.45) is 0.367. The Morgan fingerprint density at radius 3 is 2.19 bits per heavy atom. The van der Waals surface area contributed by atoms with E-state index in [2.05, 4.69) is 0 Å². The van der Waals surface area contributed by atoms with Crippen LogP contribution in [0.5, 0.6) is 17.2 Å². The second kappa shape index (κ2) is 10.9. The predicted octanol–water partition coefficient (Wildman–Crippen LogP) is 5.17. The first-order valence-electron chi connectivity index (χ1n) is 11.4. The van der Waals surface area contributed by atoms with E-state index in [1.165, 1.54) is 44.4 Å². The van der Waals surface area contributed by atoms with Crippen LogP contribution in [0, 0.1) is 5.82 Å². The van der Waals surface area contributed by atoms with Crippen molar-refractivity contribution in [3.8, 4) is 17.2 Å². The highest BCUT2D eigenvalue weighted by Gasteiger charge is 2.46. The van der Waals surface area contributed by atoms with E-state index < -0.39 is 17.7 Å². The van der Waals surface area contributed by atoms with Crippen LogP contribution >= 0.6 is 11.6 Å². The number of nitrogens with zero attached hydrogens (tertiary/aromatic N) is 1. The highest BCUT2D eigenvalue weighted by molar-refractivity contribution is 6.46. The van der Waals surface area contributed by atoms with Crippen molar-refractivity contribution in [2.45, 2.75) is 12.5 Å². The molecule has 3 aromatic rings. The van der Waals surface area contributed by atoms with Crippen LogP contribution in [0.25, 0.3) is 5.76 Å². The molecular formula is C28H25ClFNO6. The maximum atomic E-state index is 13.4. The molecule has 192 valence electrons. The number of halogens is 2. The van der Waals surface area contributed by atoms with Gasteiger partial charge in [-0.1, -0.05) is 29.8 Å². The summed E-state index contributed by atoms with van der Waals surface area (Å²) >= 11 is 6.25. The molecule has 37 heavy (non-hydrogen) atoms. The summed E-state index contributed by atoms with van der Waals surface area (Å²) in [4.78, 5) is 27.9. The van der Waals surface area contributed by atoms with Gasteiger partial charge in [0.25, 0.3) is 11.7 Å². The minimum absolute atomic E-state index is 0.0856. The van der Waals surface area contributed by atoms with Crippen molar-refractivity contribution in [3.63, 3.8) is 0 Å². The molecule has 0 bridgehead atoms. The third-order valence-corrected chi connectivity index (χ3v) is 6.54. The smallest absolute Gasteiger partial charge is 0.295 e. The number of hydrogen-bond donors (Lipinski definition) is 1. The van der Waals surface area contributed by atoms with E-state index in [0.717, 1.165) is 5.56 Å². The summed E-state index contributed by atoms with van der Waals surface area (Å²) in [5, 5.41) is 11.5. The lowest BCUT2D eigenvalue weighted by atomic mass is 9.94. The zero-order valence-corrected chi connectivity index (χ0v) is 21.2. The number of rotatable bonds is 8. The highest BCUT2D eigenvalue weighted by Crippen LogP contribution is 2.42. The average molecular weight is 526 g/mol. The molecule has 1 fully saturated rings. The molecule has 1 N–H and O–H groups in total. The normalized spacial score (nSPS) is 16.7. The van der Waals surface area contributed by atoms with Crippen LogP contribution < -0.4 is 14.2 Å². The minimum atomic E-state index is -0.916. The maximum Gasteiger partial charge on any atom is 0.295 e. The SMILES string of the molecule is COc1ccc(/C(O)=C2/C(=O)C(=O)N(CCc3ccc(F)cc3)C2c2ccc(OC)c(OC)c2)cc1Cl. The van der Waals surface area contributed by atoms with E-state index in [1.807, 2.05) is 0 Å². The molecule has 4 rings (SSSR count). The van der Waals surface area contributed by atoms with Crippen molar-refractivity contribution in [2.24, 2.45) is 0 Å². The average Bonchev–Trinajstić information content (AvgIpc) is 3.16. The van der Waals surface area contributed by atoms with Gasteiger partial charge in [-0.25, -0.2) is 4.39 Å². The van der Waals surface area contributed by atoms with Gasteiger partial charge in [0.15, 0.2) is 11.5 Å². The van der Waals surface area contributed by atoms with Gasteiger partial charge in [0.05, 0.1) is 38.0 Å². The van der Waals surface area contributed by atoms with Gasteiger partial charge in [0, 0.05) is 12.1 Å². The number of aliphatic hydroxyl groups excluding tert-OH is 1. The van der Waals surface area contributed by atoms with Crippen molar-refractivity contribution < 1.29 is 33.3 Å². The molecule has 7 nitrogen and oxygen atoms in total. The van der Waals surface area contributed by atoms with E-state index in [-0.39, 0.29) is 34.3 Å². The minimum Gasteiger partial charge on any atom is -0.507 e. The van der Waals surface area contributed by atoms with Crippen molar-refractivity contribution in [3.05, 3.63) is 93.8 Å². The largest absolute Gasteiger partial charge is 0.507 e. The van der Waals surface area contributed by atoms with Crippen molar-refractivity contribution in [2.75, 3.05) is 27.9 Å². The predicted molar refractivity (Wildman–Crippen MR) is 137 cm³/mol. The monoisotopic (exact) mass is 525 g/mol. The molecule has 3 aromatic carbocycles. The van der Waals surface area contributed by atoms with Gasteiger partial charge in [-0.05, 0) is 60.0 Å². The second-order valence-electron chi connectivity index (χ2n) is 8.33. The maximum absolute atomic E-state index is 13.4. The van der Waals surface area contributed by atoms with E-state index in [1.54, 1.807) is 42.5 Å². The van der Waals surface area contributed by atoms with Gasteiger partial charge in [0.2, 0.25) is 0 Å². The number of methoxy groups -OCH3 is 3. The number of benzene rings is 3. The number of Topliss-reactive ketones (excluding diaryl/α,β-unsaturated/α-hetero) is 1. The summed E-state index contributed by atoms with van der Waals surface area (Å²) in [6, 6.07) is 14.6. The Balaban J connectivity index is 1.82. The fourth-order valence-electron chi connectivity index (χ4n) is 4.35. The highest BCUT2D eigenvalue weighted by atomic mass is 35.5. The summed E-state index contributed by atoms with van der Waals surface area (Å²) < 4.78 is 29.3. The van der Waals surface area contributed by atoms with Crippen LogP contribution in [-0.4, -0.2) is 49.6 Å². The van der Waals surface area contributed by atoms with Gasteiger partial charge in [-0.3, -0.25) is 9.59 Å². The Bertz CT molecular complexity index is 1370. The number of ketones is 1. The number of amides is 1. The molecule has 1 saturated heterocycles. The molecule has 9 heteroatoms. The molecule has 0 radical (unpaired) electrons. The first-order valence-corrected chi connectivity index (χ1v) is 11.8. The molecule has 1 aliphatic rings. The van der Waals surface area contributed by atoms with Crippen LogP contribution in [0.2, 0.25) is 5.02 Å². The van der Waals surface area contributed by atoms with Crippen LogP contribution in [-0.2, 0) is 16.0 Å². The Morgan fingerprint density at radius 1 is 0.919 bits per heavy atom. The standard InChI is InChI=1S/C28H25ClFNO6/c1-35-21-10-7-18(14-20(21)29)26(32)24-25(17-6-11-22(36-2)23(15-17)37-3)31(28(34)27(24)33)13-12-16-4-8-19(30)9-5-16/h4-11,14-15,25,32H,12-13H2,1-3H3/b26-24-. The fourth-order valence-corrected chi connectivity index (χ4v) is 4.61. The number of carbonyl (C=O) groups excluding carboxylic acids is 2. The molecule has 0 aromatic heterocycles. The van der Waals surface area contributed by atoms with Gasteiger partial charge >= 0.3 is 0 Å². The van der Waals surface area contributed by atoms with Crippen molar-refractivity contribution >= 4 is 29.1 Å². The first-order chi connectivity index (χ1) is 17.8. The second-order valence-corrected chi connectivity index (χ2v) is 8.74. The number of carbonyl (C=O) groups is 2. The Labute approximate surface area is 218 Å². The molecule has 1 amide bonds. The quantitative estimate of drug-likeness (QED) is 0.248. The summed E-state index contributed by atoms with van der Waals surface area (Å²) in [7, 11) is 4.44. The van der Waals surface area contributed by atoms with Gasteiger partial charge in [-0.15, -0.1) is 0 Å². The number of ether oxygens (including phenoxy) is 3. The molecule has 1 heterocycles. The lowest BCUT2D eigenvalue weighted by molar-refractivity contribution is -0.139. The number of likely N-dealkylation sites (tertiary alicyclic amines) is 1. The molecule has 0 spiro atoms. The van der Waals surface area contributed by atoms with Crippen LogP contribution in [0.4, 0.5) is 4.39 Å².